The van der Waals surface area contributed by atoms with Crippen LogP contribution in [0.4, 0.5) is 21.9 Å². The second-order valence-electron chi connectivity index (χ2n) is 8.35. The average Bonchev–Trinajstić information content (AvgIpc) is 3.48. The van der Waals surface area contributed by atoms with Crippen LogP contribution < -0.4 is 20.4 Å². The number of thiophene rings is 1. The van der Waals surface area contributed by atoms with Gasteiger partial charge in [0.15, 0.2) is 0 Å². The van der Waals surface area contributed by atoms with Gasteiger partial charge in [-0.1, -0.05) is 11.6 Å². The number of amides is 3. The minimum absolute atomic E-state index is 0.0857. The van der Waals surface area contributed by atoms with E-state index in [0.29, 0.717) is 20.6 Å². The second-order valence-corrected chi connectivity index (χ2v) is 10.1. The number of rotatable bonds is 7. The molecule has 10 nitrogen and oxygen atoms in total. The van der Waals surface area contributed by atoms with Crippen LogP contribution in [0.5, 0.6) is 0 Å². The fourth-order valence-corrected chi connectivity index (χ4v) is 5.10. The summed E-state index contributed by atoms with van der Waals surface area (Å²) in [4.78, 5) is 53.3. The molecule has 1 aromatic heterocycles. The number of carbonyl (C=O) groups is 4. The average molecular weight is 535 g/mol. The summed E-state index contributed by atoms with van der Waals surface area (Å²) in [5.74, 6) is -2.15. The number of hydrogen-bond acceptors (Lipinski definition) is 8. The first kappa shape index (κ1) is 25.8. The summed E-state index contributed by atoms with van der Waals surface area (Å²) in [6.45, 7) is 3.70. The first-order valence-corrected chi connectivity index (χ1v) is 12.9. The molecule has 0 spiro atoms. The Balaban J connectivity index is 1.48. The van der Waals surface area contributed by atoms with Crippen molar-refractivity contribution in [3.05, 3.63) is 39.5 Å². The normalized spacial score (nSPS) is 17.5. The number of ether oxygens (including phenoxy) is 2. The van der Waals surface area contributed by atoms with Crippen molar-refractivity contribution in [2.45, 2.75) is 32.3 Å². The lowest BCUT2D eigenvalue weighted by Crippen LogP contribution is -2.34. The lowest BCUT2D eigenvalue weighted by molar-refractivity contribution is -0.152. The van der Waals surface area contributed by atoms with E-state index < -0.39 is 24.1 Å². The monoisotopic (exact) mass is 534 g/mol. The van der Waals surface area contributed by atoms with Crippen LogP contribution in [0.3, 0.4) is 0 Å². The quantitative estimate of drug-likeness (QED) is 0.411. The molecular weight excluding hydrogens is 508 g/mol. The van der Waals surface area contributed by atoms with Gasteiger partial charge in [-0.15, -0.1) is 11.3 Å². The SMILES string of the molecule is CCOC(=O)C(=O)Nc1cc(N2C[C@@H](CNC(=O)c3ccc(Cl)s3)OC2=O)ccc1N1CCCCC1. The molecule has 1 aromatic carbocycles. The van der Waals surface area contributed by atoms with Crippen molar-refractivity contribution in [3.8, 4) is 0 Å². The molecule has 0 saturated carbocycles. The third-order valence-corrected chi connectivity index (χ3v) is 7.09. The van der Waals surface area contributed by atoms with Crippen LogP contribution in [-0.4, -0.2) is 62.8 Å². The fraction of sp³-hybridized carbons (Fsp3) is 0.417. The summed E-state index contributed by atoms with van der Waals surface area (Å²) < 4.78 is 10.8. The molecule has 0 bridgehead atoms. The largest absolute Gasteiger partial charge is 0.459 e. The van der Waals surface area contributed by atoms with Crippen molar-refractivity contribution in [1.29, 1.82) is 0 Å². The molecule has 12 heteroatoms. The van der Waals surface area contributed by atoms with E-state index in [1.807, 2.05) is 6.07 Å². The van der Waals surface area contributed by atoms with Gasteiger partial charge in [0.25, 0.3) is 5.91 Å². The van der Waals surface area contributed by atoms with Gasteiger partial charge in [0.2, 0.25) is 0 Å². The molecule has 2 aromatic rings. The predicted molar refractivity (Wildman–Crippen MR) is 137 cm³/mol. The molecule has 2 aliphatic rings. The maximum absolute atomic E-state index is 12.6. The van der Waals surface area contributed by atoms with Gasteiger partial charge in [-0.25, -0.2) is 9.59 Å². The lowest BCUT2D eigenvalue weighted by atomic mass is 10.1. The van der Waals surface area contributed by atoms with E-state index in [4.69, 9.17) is 21.1 Å². The minimum Gasteiger partial charge on any atom is -0.459 e. The van der Waals surface area contributed by atoms with Crippen LogP contribution in [-0.2, 0) is 19.1 Å². The number of cyclic esters (lactones) is 1. The maximum atomic E-state index is 12.6. The summed E-state index contributed by atoms with van der Waals surface area (Å²) in [7, 11) is 0. The molecule has 192 valence electrons. The van der Waals surface area contributed by atoms with E-state index in [9.17, 15) is 19.2 Å². The summed E-state index contributed by atoms with van der Waals surface area (Å²) in [6.07, 6.45) is 2.06. The third kappa shape index (κ3) is 6.08. The van der Waals surface area contributed by atoms with E-state index in [-0.39, 0.29) is 25.6 Å². The Hall–Kier alpha value is -3.31. The van der Waals surface area contributed by atoms with Crippen LogP contribution in [0.1, 0.15) is 35.9 Å². The third-order valence-electron chi connectivity index (χ3n) is 5.86. The minimum atomic E-state index is -0.976. The smallest absolute Gasteiger partial charge is 0.414 e. The van der Waals surface area contributed by atoms with Crippen LogP contribution in [0.25, 0.3) is 0 Å². The molecule has 3 amide bonds. The second kappa shape index (κ2) is 11.6. The Bertz CT molecular complexity index is 1150. The van der Waals surface area contributed by atoms with Crippen molar-refractivity contribution >= 4 is 63.9 Å². The van der Waals surface area contributed by atoms with Gasteiger partial charge in [0.05, 0.1) is 40.3 Å². The molecule has 2 aliphatic heterocycles. The molecule has 3 heterocycles. The number of halogens is 1. The van der Waals surface area contributed by atoms with E-state index in [2.05, 4.69) is 15.5 Å². The van der Waals surface area contributed by atoms with E-state index >= 15 is 0 Å². The van der Waals surface area contributed by atoms with E-state index in [0.717, 1.165) is 49.4 Å². The predicted octanol–water partition coefficient (Wildman–Crippen LogP) is 3.65. The summed E-state index contributed by atoms with van der Waals surface area (Å²) in [5.41, 5.74) is 1.67. The number of benzene rings is 1. The summed E-state index contributed by atoms with van der Waals surface area (Å²) in [5, 5.41) is 5.40. The number of esters is 1. The Morgan fingerprint density at radius 3 is 2.64 bits per heavy atom. The highest BCUT2D eigenvalue weighted by Gasteiger charge is 2.33. The molecule has 4 rings (SSSR count). The first-order chi connectivity index (χ1) is 17.4. The van der Waals surface area contributed by atoms with Crippen LogP contribution in [0, 0.1) is 0 Å². The van der Waals surface area contributed by atoms with Gasteiger partial charge in [-0.2, -0.15) is 0 Å². The van der Waals surface area contributed by atoms with Crippen LogP contribution >= 0.6 is 22.9 Å². The number of nitrogens with zero attached hydrogens (tertiary/aromatic N) is 2. The summed E-state index contributed by atoms with van der Waals surface area (Å²) in [6, 6.07) is 8.52. The van der Waals surface area contributed by atoms with Crippen LogP contribution in [0.15, 0.2) is 30.3 Å². The molecular formula is C24H27ClN4O6S. The zero-order valence-corrected chi connectivity index (χ0v) is 21.3. The highest BCUT2D eigenvalue weighted by atomic mass is 35.5. The maximum Gasteiger partial charge on any atom is 0.414 e. The lowest BCUT2D eigenvalue weighted by Gasteiger charge is -2.31. The Kier molecular flexibility index (Phi) is 8.32. The molecule has 0 aliphatic carbocycles. The van der Waals surface area contributed by atoms with Gasteiger partial charge in [-0.05, 0) is 56.5 Å². The first-order valence-electron chi connectivity index (χ1n) is 11.7. The van der Waals surface area contributed by atoms with Crippen molar-refractivity contribution in [2.75, 3.05) is 47.9 Å². The van der Waals surface area contributed by atoms with Crippen molar-refractivity contribution in [3.63, 3.8) is 0 Å². The van der Waals surface area contributed by atoms with E-state index in [1.54, 1.807) is 31.2 Å². The number of piperidine rings is 1. The molecule has 1 atom stereocenters. The van der Waals surface area contributed by atoms with Crippen molar-refractivity contribution in [2.24, 2.45) is 0 Å². The highest BCUT2D eigenvalue weighted by molar-refractivity contribution is 7.18. The molecule has 0 unspecified atom stereocenters. The Morgan fingerprint density at radius 1 is 1.17 bits per heavy atom. The number of nitrogens with one attached hydrogen (secondary N) is 2. The number of anilines is 3. The van der Waals surface area contributed by atoms with Gasteiger partial charge in [0, 0.05) is 18.8 Å². The summed E-state index contributed by atoms with van der Waals surface area (Å²) >= 11 is 7.05. The van der Waals surface area contributed by atoms with Gasteiger partial charge in [0.1, 0.15) is 6.10 Å². The molecule has 36 heavy (non-hydrogen) atoms. The van der Waals surface area contributed by atoms with Crippen LogP contribution in [0.2, 0.25) is 4.34 Å². The molecule has 0 radical (unpaired) electrons. The Labute approximate surface area is 217 Å². The number of carbonyl (C=O) groups excluding carboxylic acids is 4. The standard InChI is InChI=1S/C24H27ClN4O6S/c1-2-34-23(32)22(31)27-17-12-15(6-7-18(17)28-10-4-3-5-11-28)29-14-16(35-24(29)33)13-26-21(30)19-8-9-20(25)36-19/h6-9,12,16H,2-5,10-11,13-14H2,1H3,(H,26,30)(H,27,31)/t16-/m1/s1. The van der Waals surface area contributed by atoms with Gasteiger partial charge in [-0.3, -0.25) is 14.5 Å². The zero-order chi connectivity index (χ0) is 25.7. The molecule has 2 N–H and O–H groups in total. The molecule has 2 fully saturated rings. The highest BCUT2D eigenvalue weighted by Crippen LogP contribution is 2.34. The van der Waals surface area contributed by atoms with Gasteiger partial charge >= 0.3 is 18.0 Å². The van der Waals surface area contributed by atoms with E-state index in [1.165, 1.54) is 4.90 Å². The Morgan fingerprint density at radius 2 is 1.94 bits per heavy atom. The van der Waals surface area contributed by atoms with Gasteiger partial charge < -0.3 is 25.0 Å². The number of hydrogen-bond donors (Lipinski definition) is 2. The van der Waals surface area contributed by atoms with Crippen molar-refractivity contribution in [1.82, 2.24) is 5.32 Å². The zero-order valence-electron chi connectivity index (χ0n) is 19.8. The van der Waals surface area contributed by atoms with Crippen molar-refractivity contribution < 1.29 is 28.7 Å². The molecule has 2 saturated heterocycles. The fourth-order valence-electron chi connectivity index (χ4n) is 4.14. The topological polar surface area (TPSA) is 117 Å².